The molecule has 1 amide bonds. The lowest BCUT2D eigenvalue weighted by atomic mass is 10.1. The van der Waals surface area contributed by atoms with Crippen molar-refractivity contribution in [2.75, 3.05) is 37.9 Å². The van der Waals surface area contributed by atoms with E-state index in [-0.39, 0.29) is 41.7 Å². The smallest absolute Gasteiger partial charge is 0.293 e. The van der Waals surface area contributed by atoms with Gasteiger partial charge in [0.2, 0.25) is 5.91 Å². The third kappa shape index (κ3) is 6.01. The van der Waals surface area contributed by atoms with E-state index in [0.29, 0.717) is 35.3 Å². The largest absolute Gasteiger partial charge is 0.489 e. The van der Waals surface area contributed by atoms with Gasteiger partial charge < -0.3 is 20.1 Å². The van der Waals surface area contributed by atoms with Crippen LogP contribution in [0.3, 0.4) is 0 Å². The standard InChI is InChI=1S/C20H22ClN3O7S/c1-32(28,29)14-3-4-16(17(12-14)24(26)27)22-5-6-23-19(25)11-13-9-15(21)20-18(10-13)30-7-2-8-31-20/h3-4,9-10,12,22H,2,5-8,11H2,1H3,(H,23,25). The van der Waals surface area contributed by atoms with Crippen LogP contribution >= 0.6 is 11.6 Å². The van der Waals surface area contributed by atoms with Gasteiger partial charge in [-0.1, -0.05) is 11.6 Å². The second kappa shape index (κ2) is 10.0. The summed E-state index contributed by atoms with van der Waals surface area (Å²) in [7, 11) is -3.57. The Labute approximate surface area is 189 Å². The number of benzene rings is 2. The van der Waals surface area contributed by atoms with Gasteiger partial charge in [0.05, 0.1) is 34.5 Å². The quantitative estimate of drug-likeness (QED) is 0.332. The molecule has 3 rings (SSSR count). The lowest BCUT2D eigenvalue weighted by Crippen LogP contribution is -2.30. The molecule has 2 aromatic rings. The fraction of sp³-hybridized carbons (Fsp3) is 0.350. The van der Waals surface area contributed by atoms with Crippen molar-refractivity contribution < 1.29 is 27.6 Å². The fourth-order valence-electron chi connectivity index (χ4n) is 3.08. The second-order valence-electron chi connectivity index (χ2n) is 7.12. The first-order valence-electron chi connectivity index (χ1n) is 9.72. The molecule has 12 heteroatoms. The zero-order valence-corrected chi connectivity index (χ0v) is 18.8. The van der Waals surface area contributed by atoms with Gasteiger partial charge in [-0.15, -0.1) is 0 Å². The number of nitro groups is 1. The van der Waals surface area contributed by atoms with Crippen molar-refractivity contribution in [2.45, 2.75) is 17.7 Å². The summed E-state index contributed by atoms with van der Waals surface area (Å²) in [6.07, 6.45) is 1.79. The van der Waals surface area contributed by atoms with E-state index in [1.165, 1.54) is 12.1 Å². The van der Waals surface area contributed by atoms with Crippen molar-refractivity contribution in [3.05, 3.63) is 51.0 Å². The molecule has 2 aromatic carbocycles. The number of fused-ring (bicyclic) bond motifs is 1. The molecule has 0 aliphatic carbocycles. The molecule has 172 valence electrons. The molecule has 1 heterocycles. The number of halogens is 1. The maximum atomic E-state index is 12.3. The van der Waals surface area contributed by atoms with Crippen molar-refractivity contribution in [1.82, 2.24) is 5.32 Å². The van der Waals surface area contributed by atoms with Gasteiger partial charge in [-0.25, -0.2) is 8.42 Å². The predicted molar refractivity (Wildman–Crippen MR) is 118 cm³/mol. The molecule has 0 saturated heterocycles. The van der Waals surface area contributed by atoms with Crippen LogP contribution in [0.25, 0.3) is 0 Å². The summed E-state index contributed by atoms with van der Waals surface area (Å²) in [5, 5.41) is 17.2. The minimum atomic E-state index is -3.57. The van der Waals surface area contributed by atoms with Crippen LogP contribution in [0.4, 0.5) is 11.4 Å². The van der Waals surface area contributed by atoms with Gasteiger partial charge in [-0.3, -0.25) is 14.9 Å². The third-order valence-corrected chi connectivity index (χ3v) is 5.97. The lowest BCUT2D eigenvalue weighted by molar-refractivity contribution is -0.384. The molecule has 2 N–H and O–H groups in total. The molecule has 1 aliphatic rings. The number of ether oxygens (including phenoxy) is 2. The average Bonchev–Trinajstić information content (AvgIpc) is 2.96. The van der Waals surface area contributed by atoms with Crippen molar-refractivity contribution in [3.8, 4) is 11.5 Å². The van der Waals surface area contributed by atoms with Crippen molar-refractivity contribution in [2.24, 2.45) is 0 Å². The fourth-order valence-corrected chi connectivity index (χ4v) is 4.00. The van der Waals surface area contributed by atoms with Gasteiger partial charge in [0, 0.05) is 31.8 Å². The number of rotatable bonds is 8. The Kier molecular flexibility index (Phi) is 7.41. The Morgan fingerprint density at radius 3 is 2.66 bits per heavy atom. The first-order chi connectivity index (χ1) is 15.1. The average molecular weight is 484 g/mol. The van der Waals surface area contributed by atoms with Gasteiger partial charge in [0.25, 0.3) is 5.69 Å². The Hall–Kier alpha value is -3.05. The van der Waals surface area contributed by atoms with Crippen LogP contribution in [-0.4, -0.2) is 51.8 Å². The first kappa shape index (κ1) is 23.6. The topological polar surface area (TPSA) is 137 Å². The Morgan fingerprint density at radius 1 is 1.19 bits per heavy atom. The molecular formula is C20H22ClN3O7S. The molecule has 0 radical (unpaired) electrons. The van der Waals surface area contributed by atoms with E-state index >= 15 is 0 Å². The highest BCUT2D eigenvalue weighted by Crippen LogP contribution is 2.38. The summed E-state index contributed by atoms with van der Waals surface area (Å²) in [6, 6.07) is 6.99. The van der Waals surface area contributed by atoms with Crippen LogP contribution in [0.2, 0.25) is 5.02 Å². The van der Waals surface area contributed by atoms with Crippen LogP contribution < -0.4 is 20.1 Å². The number of carbonyl (C=O) groups is 1. The molecule has 10 nitrogen and oxygen atoms in total. The van der Waals surface area contributed by atoms with E-state index in [9.17, 15) is 23.3 Å². The first-order valence-corrected chi connectivity index (χ1v) is 12.0. The van der Waals surface area contributed by atoms with Crippen molar-refractivity contribution in [3.63, 3.8) is 0 Å². The van der Waals surface area contributed by atoms with Crippen molar-refractivity contribution >= 4 is 38.7 Å². The van der Waals surface area contributed by atoms with E-state index in [4.69, 9.17) is 21.1 Å². The van der Waals surface area contributed by atoms with Crippen molar-refractivity contribution in [1.29, 1.82) is 0 Å². The van der Waals surface area contributed by atoms with Crippen LogP contribution in [0.1, 0.15) is 12.0 Å². The minimum absolute atomic E-state index is 0.0690. The highest BCUT2D eigenvalue weighted by molar-refractivity contribution is 7.90. The van der Waals surface area contributed by atoms with Crippen LogP contribution in [0, 0.1) is 10.1 Å². The summed E-state index contributed by atoms with van der Waals surface area (Å²) in [5.41, 5.74) is 0.462. The van der Waals surface area contributed by atoms with E-state index in [2.05, 4.69) is 10.6 Å². The number of hydrogen-bond acceptors (Lipinski definition) is 8. The van der Waals surface area contributed by atoms with E-state index < -0.39 is 14.8 Å². The summed E-state index contributed by atoms with van der Waals surface area (Å²) < 4.78 is 34.4. The van der Waals surface area contributed by atoms with E-state index in [1.54, 1.807) is 12.1 Å². The Bertz CT molecular complexity index is 1140. The summed E-state index contributed by atoms with van der Waals surface area (Å²) >= 11 is 6.24. The zero-order chi connectivity index (χ0) is 23.3. The predicted octanol–water partition coefficient (Wildman–Crippen LogP) is 2.58. The molecule has 0 unspecified atom stereocenters. The molecule has 0 saturated carbocycles. The number of nitro benzene ring substituents is 1. The maximum absolute atomic E-state index is 12.3. The van der Waals surface area contributed by atoms with E-state index in [1.807, 2.05) is 0 Å². The number of hydrogen-bond donors (Lipinski definition) is 2. The van der Waals surface area contributed by atoms with E-state index in [0.717, 1.165) is 18.7 Å². The maximum Gasteiger partial charge on any atom is 0.293 e. The molecule has 0 atom stereocenters. The zero-order valence-electron chi connectivity index (χ0n) is 17.2. The highest BCUT2D eigenvalue weighted by atomic mass is 35.5. The molecule has 1 aliphatic heterocycles. The highest BCUT2D eigenvalue weighted by Gasteiger charge is 2.19. The summed E-state index contributed by atoms with van der Waals surface area (Å²) in [5.74, 6) is 0.713. The number of nitrogens with one attached hydrogen (secondary N) is 2. The number of anilines is 1. The number of amides is 1. The lowest BCUT2D eigenvalue weighted by Gasteiger charge is -2.12. The number of sulfone groups is 1. The van der Waals surface area contributed by atoms with Gasteiger partial charge in [0.15, 0.2) is 21.3 Å². The van der Waals surface area contributed by atoms with Crippen LogP contribution in [0.15, 0.2) is 35.2 Å². The SMILES string of the molecule is CS(=O)(=O)c1ccc(NCCNC(=O)Cc2cc(Cl)c3c(c2)OCCCO3)c([N+](=O)[O-])c1. The van der Waals surface area contributed by atoms with Gasteiger partial charge in [-0.05, 0) is 29.8 Å². The second-order valence-corrected chi connectivity index (χ2v) is 9.54. The molecule has 0 aromatic heterocycles. The molecular weight excluding hydrogens is 462 g/mol. The monoisotopic (exact) mass is 483 g/mol. The van der Waals surface area contributed by atoms with Crippen LogP contribution in [-0.2, 0) is 21.1 Å². The van der Waals surface area contributed by atoms with Gasteiger partial charge in [0.1, 0.15) is 5.69 Å². The Morgan fingerprint density at radius 2 is 1.94 bits per heavy atom. The molecule has 0 spiro atoms. The number of carbonyl (C=O) groups excluding carboxylic acids is 1. The molecule has 32 heavy (non-hydrogen) atoms. The summed E-state index contributed by atoms with van der Waals surface area (Å²) in [6.45, 7) is 1.41. The summed E-state index contributed by atoms with van der Waals surface area (Å²) in [4.78, 5) is 22.7. The van der Waals surface area contributed by atoms with Crippen LogP contribution in [0.5, 0.6) is 11.5 Å². The van der Waals surface area contributed by atoms with Gasteiger partial charge in [-0.2, -0.15) is 0 Å². The molecule has 0 fully saturated rings. The normalized spacial score (nSPS) is 13.2. The minimum Gasteiger partial charge on any atom is -0.489 e. The van der Waals surface area contributed by atoms with Gasteiger partial charge >= 0.3 is 0 Å². The Balaban J connectivity index is 1.55. The third-order valence-electron chi connectivity index (χ3n) is 4.58. The number of nitrogens with zero attached hydrogens (tertiary/aromatic N) is 1. The molecule has 0 bridgehead atoms.